The number of amides is 1. The predicted octanol–water partition coefficient (Wildman–Crippen LogP) is 2.86. The van der Waals surface area contributed by atoms with E-state index in [1.165, 1.54) is 32.4 Å². The zero-order valence-electron chi connectivity index (χ0n) is 13.5. The van der Waals surface area contributed by atoms with Gasteiger partial charge >= 0.3 is 0 Å². The number of hydrogen-bond acceptors (Lipinski definition) is 2. The second kappa shape index (κ2) is 7.88. The maximum atomic E-state index is 11.9. The summed E-state index contributed by atoms with van der Waals surface area (Å²) < 4.78 is 0. The van der Waals surface area contributed by atoms with Gasteiger partial charge < -0.3 is 9.80 Å². The van der Waals surface area contributed by atoms with Gasteiger partial charge in [0.05, 0.1) is 0 Å². The Kier molecular flexibility index (Phi) is 6.84. The number of hydrogen-bond donors (Lipinski definition) is 0. The van der Waals surface area contributed by atoms with Crippen LogP contribution in [0.2, 0.25) is 0 Å². The highest BCUT2D eigenvalue weighted by atomic mass is 16.2. The molecule has 0 atom stereocenters. The molecule has 0 N–H and O–H groups in total. The molecule has 3 nitrogen and oxygen atoms in total. The minimum atomic E-state index is 0.144. The average Bonchev–Trinajstić information content (AvgIpc) is 2.36. The van der Waals surface area contributed by atoms with Crippen LogP contribution in [0, 0.1) is 17.8 Å². The van der Waals surface area contributed by atoms with Crippen LogP contribution in [0.4, 0.5) is 0 Å². The lowest BCUT2D eigenvalue weighted by molar-refractivity contribution is -0.135. The number of likely N-dealkylation sites (tertiary alicyclic amines) is 1. The Hall–Kier alpha value is -0.570. The third kappa shape index (κ3) is 5.94. The summed E-state index contributed by atoms with van der Waals surface area (Å²) in [5.41, 5.74) is 0. The van der Waals surface area contributed by atoms with Crippen molar-refractivity contribution in [2.24, 2.45) is 17.8 Å². The average molecular weight is 268 g/mol. The number of rotatable bonds is 6. The lowest BCUT2D eigenvalue weighted by Gasteiger charge is -2.35. The van der Waals surface area contributed by atoms with Crippen LogP contribution in [0.5, 0.6) is 0 Å². The van der Waals surface area contributed by atoms with Gasteiger partial charge in [-0.2, -0.15) is 0 Å². The highest BCUT2D eigenvalue weighted by Gasteiger charge is 2.24. The SMILES string of the molecule is CC(C)CCN(C)CC1CCN(C(=O)C(C)C)CC1. The molecule has 0 aliphatic carbocycles. The summed E-state index contributed by atoms with van der Waals surface area (Å²) in [6.07, 6.45) is 3.62. The molecule has 3 heteroatoms. The second-order valence-corrected chi connectivity index (χ2v) is 6.87. The fraction of sp³-hybridized carbons (Fsp3) is 0.938. The summed E-state index contributed by atoms with van der Waals surface area (Å²) >= 11 is 0. The van der Waals surface area contributed by atoms with Gasteiger partial charge in [-0.25, -0.2) is 0 Å². The van der Waals surface area contributed by atoms with Crippen molar-refractivity contribution in [3.63, 3.8) is 0 Å². The fourth-order valence-electron chi connectivity index (χ4n) is 2.71. The van der Waals surface area contributed by atoms with Crippen LogP contribution in [0.25, 0.3) is 0 Å². The van der Waals surface area contributed by atoms with Crippen LogP contribution in [-0.4, -0.2) is 48.9 Å². The zero-order chi connectivity index (χ0) is 14.4. The fourth-order valence-corrected chi connectivity index (χ4v) is 2.71. The molecule has 19 heavy (non-hydrogen) atoms. The highest BCUT2D eigenvalue weighted by molar-refractivity contribution is 5.78. The quantitative estimate of drug-likeness (QED) is 0.739. The standard InChI is InChI=1S/C16H32N2O/c1-13(2)6-9-17(5)12-15-7-10-18(11-8-15)16(19)14(3)4/h13-15H,6-12H2,1-5H3. The van der Waals surface area contributed by atoms with Gasteiger partial charge in [0.15, 0.2) is 0 Å². The van der Waals surface area contributed by atoms with Crippen LogP contribution >= 0.6 is 0 Å². The van der Waals surface area contributed by atoms with E-state index in [4.69, 9.17) is 0 Å². The Bertz CT molecular complexity index is 268. The van der Waals surface area contributed by atoms with Crippen molar-refractivity contribution in [1.29, 1.82) is 0 Å². The van der Waals surface area contributed by atoms with E-state index in [1.807, 2.05) is 13.8 Å². The number of carbonyl (C=O) groups is 1. The molecule has 0 saturated carbocycles. The first-order chi connectivity index (χ1) is 8.90. The van der Waals surface area contributed by atoms with Gasteiger partial charge in [-0.15, -0.1) is 0 Å². The molecular formula is C16H32N2O. The van der Waals surface area contributed by atoms with Crippen LogP contribution in [0.3, 0.4) is 0 Å². The van der Waals surface area contributed by atoms with E-state index in [9.17, 15) is 4.79 Å². The van der Waals surface area contributed by atoms with E-state index < -0.39 is 0 Å². The maximum absolute atomic E-state index is 11.9. The van der Waals surface area contributed by atoms with E-state index >= 15 is 0 Å². The molecule has 1 heterocycles. The van der Waals surface area contributed by atoms with Gasteiger partial charge in [0.1, 0.15) is 0 Å². The second-order valence-electron chi connectivity index (χ2n) is 6.87. The van der Waals surface area contributed by atoms with Crippen molar-refractivity contribution in [3.05, 3.63) is 0 Å². The topological polar surface area (TPSA) is 23.6 Å². The molecule has 0 spiro atoms. The first-order valence-electron chi connectivity index (χ1n) is 7.87. The van der Waals surface area contributed by atoms with Crippen LogP contribution < -0.4 is 0 Å². The summed E-state index contributed by atoms with van der Waals surface area (Å²) in [5.74, 6) is 2.03. The first kappa shape index (κ1) is 16.5. The van der Waals surface area contributed by atoms with Crippen LogP contribution in [-0.2, 0) is 4.79 Å². The molecule has 1 rings (SSSR count). The molecule has 1 saturated heterocycles. The molecule has 1 fully saturated rings. The lowest BCUT2D eigenvalue weighted by atomic mass is 9.95. The molecule has 0 unspecified atom stereocenters. The Labute approximate surface area is 119 Å². The van der Waals surface area contributed by atoms with E-state index in [0.29, 0.717) is 5.91 Å². The van der Waals surface area contributed by atoms with Crippen LogP contribution in [0.1, 0.15) is 47.0 Å². The summed E-state index contributed by atoms with van der Waals surface area (Å²) in [5, 5.41) is 0. The van der Waals surface area contributed by atoms with Crippen LogP contribution in [0.15, 0.2) is 0 Å². The number of carbonyl (C=O) groups excluding carboxylic acids is 1. The first-order valence-corrected chi connectivity index (χ1v) is 7.87. The van der Waals surface area contributed by atoms with Crippen molar-refractivity contribution in [1.82, 2.24) is 9.80 Å². The molecule has 1 aliphatic heterocycles. The molecule has 0 bridgehead atoms. The van der Waals surface area contributed by atoms with Gasteiger partial charge in [0.2, 0.25) is 5.91 Å². The summed E-state index contributed by atoms with van der Waals surface area (Å²) in [4.78, 5) is 16.4. The van der Waals surface area contributed by atoms with Crippen molar-refractivity contribution < 1.29 is 4.79 Å². The van der Waals surface area contributed by atoms with Crippen molar-refractivity contribution in [3.8, 4) is 0 Å². The van der Waals surface area contributed by atoms with Crippen molar-refractivity contribution in [2.45, 2.75) is 47.0 Å². The minimum absolute atomic E-state index is 0.144. The van der Waals surface area contributed by atoms with E-state index in [0.717, 1.165) is 24.9 Å². The van der Waals surface area contributed by atoms with Gasteiger partial charge in [-0.3, -0.25) is 4.79 Å². The molecular weight excluding hydrogens is 236 g/mol. The van der Waals surface area contributed by atoms with Gasteiger partial charge in [-0.05, 0) is 44.7 Å². The minimum Gasteiger partial charge on any atom is -0.342 e. The van der Waals surface area contributed by atoms with Crippen molar-refractivity contribution >= 4 is 5.91 Å². The molecule has 1 aliphatic rings. The Balaban J connectivity index is 2.24. The monoisotopic (exact) mass is 268 g/mol. The largest absolute Gasteiger partial charge is 0.342 e. The van der Waals surface area contributed by atoms with E-state index in [1.54, 1.807) is 0 Å². The molecule has 112 valence electrons. The number of nitrogens with zero attached hydrogens (tertiary/aromatic N) is 2. The summed E-state index contributed by atoms with van der Waals surface area (Å²) in [6.45, 7) is 12.9. The van der Waals surface area contributed by atoms with Gasteiger partial charge in [-0.1, -0.05) is 27.7 Å². The molecule has 0 aromatic heterocycles. The summed E-state index contributed by atoms with van der Waals surface area (Å²) in [6, 6.07) is 0. The maximum Gasteiger partial charge on any atom is 0.225 e. The molecule has 1 amide bonds. The third-order valence-corrected chi connectivity index (χ3v) is 4.08. The van der Waals surface area contributed by atoms with E-state index in [-0.39, 0.29) is 5.92 Å². The lowest BCUT2D eigenvalue weighted by Crippen LogP contribution is -2.42. The van der Waals surface area contributed by atoms with Crippen molar-refractivity contribution in [2.75, 3.05) is 33.2 Å². The Morgan fingerprint density at radius 3 is 2.26 bits per heavy atom. The predicted molar refractivity (Wildman–Crippen MR) is 81.1 cm³/mol. The smallest absolute Gasteiger partial charge is 0.225 e. The molecule has 0 aromatic rings. The number of piperidine rings is 1. The Morgan fingerprint density at radius 1 is 1.21 bits per heavy atom. The molecule has 0 radical (unpaired) electrons. The summed E-state index contributed by atoms with van der Waals surface area (Å²) in [7, 11) is 2.23. The zero-order valence-corrected chi connectivity index (χ0v) is 13.5. The normalized spacial score (nSPS) is 17.8. The molecule has 0 aromatic carbocycles. The van der Waals surface area contributed by atoms with E-state index in [2.05, 4.69) is 30.7 Å². The highest BCUT2D eigenvalue weighted by Crippen LogP contribution is 2.19. The van der Waals surface area contributed by atoms with Gasteiger partial charge in [0.25, 0.3) is 0 Å². The Morgan fingerprint density at radius 2 is 1.79 bits per heavy atom. The van der Waals surface area contributed by atoms with Gasteiger partial charge in [0, 0.05) is 25.6 Å². The third-order valence-electron chi connectivity index (χ3n) is 4.08.